The van der Waals surface area contributed by atoms with Gasteiger partial charge in [0.2, 0.25) is 0 Å². The summed E-state index contributed by atoms with van der Waals surface area (Å²) in [6.45, 7) is 4.03. The van der Waals surface area contributed by atoms with Crippen LogP contribution in [-0.4, -0.2) is 16.4 Å². The lowest BCUT2D eigenvalue weighted by Gasteiger charge is -2.20. The quantitative estimate of drug-likeness (QED) is 0.637. The van der Waals surface area contributed by atoms with Gasteiger partial charge in [0.15, 0.2) is 0 Å². The molecule has 17 heavy (non-hydrogen) atoms. The number of benzene rings is 1. The molecule has 1 aromatic carbocycles. The van der Waals surface area contributed by atoms with E-state index in [1.807, 2.05) is 13.8 Å². The molecule has 1 rings (SSSR count). The van der Waals surface area contributed by atoms with E-state index in [4.69, 9.17) is 11.6 Å². The zero-order chi connectivity index (χ0) is 13.0. The molecule has 0 aliphatic rings. The number of alkyl halides is 1. The average Bonchev–Trinajstić information content (AvgIpc) is 2.24. The molecular weight excluding hydrogens is 355 g/mol. The zero-order valence-electron chi connectivity index (χ0n) is 9.64. The Morgan fingerprint density at radius 2 is 2.18 bits per heavy atom. The van der Waals surface area contributed by atoms with Gasteiger partial charge in [0.05, 0.1) is 5.56 Å². The summed E-state index contributed by atoms with van der Waals surface area (Å²) in [5.41, 5.74) is 0.0323. The number of nitrogens with one attached hydrogen (secondary N) is 1. The predicted molar refractivity (Wildman–Crippen MR) is 76.4 cm³/mol. The van der Waals surface area contributed by atoms with Crippen LogP contribution in [0.4, 0.5) is 4.39 Å². The molecule has 0 saturated carbocycles. The third-order valence-corrected chi connectivity index (χ3v) is 3.65. The third kappa shape index (κ3) is 4.10. The van der Waals surface area contributed by atoms with Crippen molar-refractivity contribution in [1.29, 1.82) is 0 Å². The van der Waals surface area contributed by atoms with Gasteiger partial charge in [-0.1, -0.05) is 48.0 Å². The monoisotopic (exact) mass is 369 g/mol. The largest absolute Gasteiger partial charge is 0.348 e. The Labute approximate surface area is 119 Å². The van der Waals surface area contributed by atoms with E-state index < -0.39 is 11.7 Å². The Morgan fingerprint density at radius 3 is 2.65 bits per heavy atom. The Morgan fingerprint density at radius 1 is 1.53 bits per heavy atom. The fourth-order valence-electron chi connectivity index (χ4n) is 1.30. The SMILES string of the molecule is CC(C)C(CI)NC(=O)c1ccc(Cl)cc1F. The Kier molecular flexibility index (Phi) is 5.66. The first-order valence-corrected chi connectivity index (χ1v) is 7.18. The van der Waals surface area contributed by atoms with Gasteiger partial charge in [-0.25, -0.2) is 4.39 Å². The summed E-state index contributed by atoms with van der Waals surface area (Å²) in [6.07, 6.45) is 0. The second-order valence-corrected chi connectivity index (χ2v) is 5.42. The molecule has 94 valence electrons. The highest BCUT2D eigenvalue weighted by Crippen LogP contribution is 2.15. The molecular formula is C12H14ClFINO. The molecule has 0 fully saturated rings. The van der Waals surface area contributed by atoms with Gasteiger partial charge >= 0.3 is 0 Å². The first-order valence-electron chi connectivity index (χ1n) is 5.27. The van der Waals surface area contributed by atoms with E-state index in [9.17, 15) is 9.18 Å². The number of hydrogen-bond acceptors (Lipinski definition) is 1. The smallest absolute Gasteiger partial charge is 0.254 e. The number of rotatable bonds is 4. The minimum absolute atomic E-state index is 0.0323. The average molecular weight is 370 g/mol. The Balaban J connectivity index is 2.82. The lowest BCUT2D eigenvalue weighted by atomic mass is 10.1. The van der Waals surface area contributed by atoms with Gasteiger partial charge in [-0.15, -0.1) is 0 Å². The van der Waals surface area contributed by atoms with Crippen LogP contribution in [-0.2, 0) is 0 Å². The maximum absolute atomic E-state index is 13.5. The molecule has 2 nitrogen and oxygen atoms in total. The molecule has 0 spiro atoms. The topological polar surface area (TPSA) is 29.1 Å². The minimum atomic E-state index is -0.592. The Hall–Kier alpha value is -0.360. The van der Waals surface area contributed by atoms with Gasteiger partial charge < -0.3 is 5.32 Å². The van der Waals surface area contributed by atoms with Gasteiger partial charge in [0.25, 0.3) is 5.91 Å². The van der Waals surface area contributed by atoms with E-state index >= 15 is 0 Å². The molecule has 0 heterocycles. The summed E-state index contributed by atoms with van der Waals surface area (Å²) >= 11 is 7.83. The number of amides is 1. The van der Waals surface area contributed by atoms with E-state index in [2.05, 4.69) is 27.9 Å². The third-order valence-electron chi connectivity index (χ3n) is 2.46. The van der Waals surface area contributed by atoms with E-state index in [1.54, 1.807) is 0 Å². The summed E-state index contributed by atoms with van der Waals surface area (Å²) in [6, 6.07) is 4.09. The van der Waals surface area contributed by atoms with Crippen molar-refractivity contribution in [2.24, 2.45) is 5.92 Å². The summed E-state index contributed by atoms with van der Waals surface area (Å²) < 4.78 is 14.3. The number of carbonyl (C=O) groups excluding carboxylic acids is 1. The zero-order valence-corrected chi connectivity index (χ0v) is 12.5. The highest BCUT2D eigenvalue weighted by Gasteiger charge is 2.18. The normalized spacial score (nSPS) is 12.6. The summed E-state index contributed by atoms with van der Waals surface area (Å²) in [5.74, 6) is -0.674. The first-order chi connectivity index (χ1) is 7.95. The van der Waals surface area contributed by atoms with Crippen LogP contribution in [0.3, 0.4) is 0 Å². The first kappa shape index (κ1) is 14.7. The van der Waals surface area contributed by atoms with Crippen LogP contribution in [0, 0.1) is 11.7 Å². The van der Waals surface area contributed by atoms with Gasteiger partial charge in [0, 0.05) is 15.5 Å². The second-order valence-electron chi connectivity index (χ2n) is 4.10. The van der Waals surface area contributed by atoms with Crippen molar-refractivity contribution in [2.45, 2.75) is 19.9 Å². The maximum Gasteiger partial charge on any atom is 0.254 e. The van der Waals surface area contributed by atoms with Crippen LogP contribution in [0.2, 0.25) is 5.02 Å². The number of carbonyl (C=O) groups is 1. The maximum atomic E-state index is 13.5. The van der Waals surface area contributed by atoms with Crippen molar-refractivity contribution in [3.05, 3.63) is 34.6 Å². The van der Waals surface area contributed by atoms with Crippen molar-refractivity contribution in [2.75, 3.05) is 4.43 Å². The predicted octanol–water partition coefficient (Wildman–Crippen LogP) is 3.67. The van der Waals surface area contributed by atoms with Crippen molar-refractivity contribution in [3.8, 4) is 0 Å². The van der Waals surface area contributed by atoms with Crippen LogP contribution in [0.5, 0.6) is 0 Å². The van der Waals surface area contributed by atoms with E-state index in [0.29, 0.717) is 5.92 Å². The highest BCUT2D eigenvalue weighted by molar-refractivity contribution is 14.1. The van der Waals surface area contributed by atoms with Crippen molar-refractivity contribution >= 4 is 40.1 Å². The number of hydrogen-bond donors (Lipinski definition) is 1. The molecule has 1 amide bonds. The molecule has 5 heteroatoms. The lowest BCUT2D eigenvalue weighted by molar-refractivity contribution is 0.0928. The van der Waals surface area contributed by atoms with Crippen LogP contribution in [0.25, 0.3) is 0 Å². The van der Waals surface area contributed by atoms with Crippen LogP contribution >= 0.6 is 34.2 Å². The molecule has 0 aromatic heterocycles. The summed E-state index contributed by atoms with van der Waals surface area (Å²) in [4.78, 5) is 11.9. The van der Waals surface area contributed by atoms with Crippen molar-refractivity contribution in [3.63, 3.8) is 0 Å². The summed E-state index contributed by atoms with van der Waals surface area (Å²) in [5, 5.41) is 3.10. The number of halogens is 3. The molecule has 1 aromatic rings. The molecule has 0 aliphatic carbocycles. The minimum Gasteiger partial charge on any atom is -0.348 e. The molecule has 0 saturated heterocycles. The Bertz CT molecular complexity index is 411. The summed E-state index contributed by atoms with van der Waals surface area (Å²) in [7, 11) is 0. The molecule has 0 aliphatic heterocycles. The second kappa shape index (κ2) is 6.54. The van der Waals surface area contributed by atoms with Gasteiger partial charge in [-0.05, 0) is 24.1 Å². The van der Waals surface area contributed by atoms with Gasteiger partial charge in [-0.2, -0.15) is 0 Å². The molecule has 1 N–H and O–H groups in total. The fraction of sp³-hybridized carbons (Fsp3) is 0.417. The van der Waals surface area contributed by atoms with E-state index in [0.717, 1.165) is 10.5 Å². The molecule has 0 radical (unpaired) electrons. The van der Waals surface area contributed by atoms with Crippen LogP contribution < -0.4 is 5.32 Å². The lowest BCUT2D eigenvalue weighted by Crippen LogP contribution is -2.40. The van der Waals surface area contributed by atoms with Gasteiger partial charge in [-0.3, -0.25) is 4.79 Å². The highest BCUT2D eigenvalue weighted by atomic mass is 127. The molecule has 1 atom stereocenters. The standard InChI is InChI=1S/C12H14ClFINO/c1-7(2)11(6-15)16-12(17)9-4-3-8(13)5-10(9)14/h3-5,7,11H,6H2,1-2H3,(H,16,17). The molecule has 1 unspecified atom stereocenters. The van der Waals surface area contributed by atoms with E-state index in [1.165, 1.54) is 12.1 Å². The van der Waals surface area contributed by atoms with E-state index in [-0.39, 0.29) is 16.6 Å². The van der Waals surface area contributed by atoms with Crippen LogP contribution in [0.1, 0.15) is 24.2 Å². The van der Waals surface area contributed by atoms with Crippen molar-refractivity contribution in [1.82, 2.24) is 5.32 Å². The van der Waals surface area contributed by atoms with Crippen LogP contribution in [0.15, 0.2) is 18.2 Å². The van der Waals surface area contributed by atoms with Crippen molar-refractivity contribution < 1.29 is 9.18 Å². The van der Waals surface area contributed by atoms with Gasteiger partial charge in [0.1, 0.15) is 5.82 Å². The fourth-order valence-corrected chi connectivity index (χ4v) is 2.70. The molecule has 0 bridgehead atoms.